The van der Waals surface area contributed by atoms with Gasteiger partial charge in [0, 0.05) is 13.3 Å². The van der Waals surface area contributed by atoms with E-state index in [9.17, 15) is 14.4 Å². The zero-order valence-corrected chi connectivity index (χ0v) is 16.9. The quantitative estimate of drug-likeness (QED) is 0.502. The summed E-state index contributed by atoms with van der Waals surface area (Å²) in [5.41, 5.74) is 6.18. The lowest BCUT2D eigenvalue weighted by Crippen LogP contribution is -2.47. The Bertz CT molecular complexity index is 731. The second-order valence-corrected chi connectivity index (χ2v) is 7.84. The highest BCUT2D eigenvalue weighted by Crippen LogP contribution is 2.36. The highest BCUT2D eigenvalue weighted by atomic mass is 16.7. The summed E-state index contributed by atoms with van der Waals surface area (Å²) in [5.74, 6) is -1.84. The van der Waals surface area contributed by atoms with Gasteiger partial charge in [0.2, 0.25) is 5.91 Å². The number of amides is 2. The van der Waals surface area contributed by atoms with Crippen LogP contribution < -0.4 is 16.5 Å². The van der Waals surface area contributed by atoms with E-state index in [0.29, 0.717) is 0 Å². The Balaban J connectivity index is 2.01. The summed E-state index contributed by atoms with van der Waals surface area (Å²) in [6, 6.07) is 6.46. The Labute approximate surface area is 165 Å². The standard InChI is InChI=1S/C19H27BN2O6/c1-12(23)26-11-16(24)22-15(17(21)25)10-13-6-8-14(9-7-13)20-27-18(2,3)19(4,5)28-20/h6-9,15H,10-11H2,1-5H3,(H2,21,25)(H,22,24)/t15-/m0/s1. The first-order chi connectivity index (χ1) is 12.9. The molecule has 1 aliphatic heterocycles. The third-order valence-corrected chi connectivity index (χ3v) is 5.03. The number of benzene rings is 1. The van der Waals surface area contributed by atoms with E-state index in [1.165, 1.54) is 6.92 Å². The van der Waals surface area contributed by atoms with Crippen LogP contribution in [-0.2, 0) is 34.9 Å². The van der Waals surface area contributed by atoms with E-state index in [1.54, 1.807) is 0 Å². The number of rotatable bonds is 7. The van der Waals surface area contributed by atoms with Crippen molar-refractivity contribution in [3.8, 4) is 0 Å². The second kappa shape index (κ2) is 8.32. The zero-order chi connectivity index (χ0) is 21.1. The summed E-state index contributed by atoms with van der Waals surface area (Å²) in [5, 5.41) is 2.47. The molecule has 1 aromatic rings. The minimum atomic E-state index is -0.911. The van der Waals surface area contributed by atoms with Crippen molar-refractivity contribution in [1.82, 2.24) is 5.32 Å². The summed E-state index contributed by atoms with van der Waals surface area (Å²) in [4.78, 5) is 34.2. The molecule has 1 fully saturated rings. The third-order valence-electron chi connectivity index (χ3n) is 5.03. The summed E-state index contributed by atoms with van der Waals surface area (Å²) in [6.07, 6.45) is 0.213. The molecular weight excluding hydrogens is 363 g/mol. The summed E-state index contributed by atoms with van der Waals surface area (Å²) in [7, 11) is -0.477. The average Bonchev–Trinajstić information content (AvgIpc) is 2.80. The van der Waals surface area contributed by atoms with Gasteiger partial charge in [-0.15, -0.1) is 0 Å². The molecular formula is C19H27BN2O6. The van der Waals surface area contributed by atoms with Gasteiger partial charge in [0.25, 0.3) is 5.91 Å². The van der Waals surface area contributed by atoms with E-state index in [1.807, 2.05) is 52.0 Å². The van der Waals surface area contributed by atoms with Crippen LogP contribution in [0.2, 0.25) is 0 Å². The predicted molar refractivity (Wildman–Crippen MR) is 104 cm³/mol. The summed E-state index contributed by atoms with van der Waals surface area (Å²) in [6.45, 7) is 8.67. The molecule has 0 aliphatic carbocycles. The monoisotopic (exact) mass is 390 g/mol. The van der Waals surface area contributed by atoms with Crippen molar-refractivity contribution >= 4 is 30.4 Å². The maximum Gasteiger partial charge on any atom is 0.494 e. The summed E-state index contributed by atoms with van der Waals surface area (Å²) >= 11 is 0. The van der Waals surface area contributed by atoms with Crippen molar-refractivity contribution in [1.29, 1.82) is 0 Å². The lowest BCUT2D eigenvalue weighted by atomic mass is 9.78. The minimum Gasteiger partial charge on any atom is -0.456 e. The predicted octanol–water partition coefficient (Wildman–Crippen LogP) is 0.0615. The molecule has 1 aliphatic rings. The highest BCUT2D eigenvalue weighted by molar-refractivity contribution is 6.62. The van der Waals surface area contributed by atoms with Crippen LogP contribution in [0.4, 0.5) is 0 Å². The maximum atomic E-state index is 11.8. The zero-order valence-electron chi connectivity index (χ0n) is 16.9. The van der Waals surface area contributed by atoms with E-state index in [0.717, 1.165) is 11.0 Å². The number of esters is 1. The molecule has 1 atom stereocenters. The van der Waals surface area contributed by atoms with Gasteiger partial charge < -0.3 is 25.1 Å². The highest BCUT2D eigenvalue weighted by Gasteiger charge is 2.51. The SMILES string of the molecule is CC(=O)OCC(=O)N[C@@H](Cc1ccc(B2OC(C)(C)C(C)(C)O2)cc1)C(N)=O. The van der Waals surface area contributed by atoms with Gasteiger partial charge in [-0.25, -0.2) is 0 Å². The van der Waals surface area contributed by atoms with E-state index in [-0.39, 0.29) is 6.42 Å². The molecule has 1 heterocycles. The first-order valence-corrected chi connectivity index (χ1v) is 9.08. The Hall–Kier alpha value is -2.39. The number of hydrogen-bond donors (Lipinski definition) is 2. The van der Waals surface area contributed by atoms with Crippen molar-refractivity contribution in [2.24, 2.45) is 5.73 Å². The van der Waals surface area contributed by atoms with Crippen molar-refractivity contribution in [2.75, 3.05) is 6.61 Å². The number of ether oxygens (including phenoxy) is 1. The molecule has 2 amide bonds. The Morgan fingerprint density at radius 2 is 1.64 bits per heavy atom. The normalized spacial score (nSPS) is 18.4. The fourth-order valence-electron chi connectivity index (χ4n) is 2.65. The largest absolute Gasteiger partial charge is 0.494 e. The molecule has 1 aromatic carbocycles. The molecule has 2 rings (SSSR count). The average molecular weight is 390 g/mol. The van der Waals surface area contributed by atoms with Gasteiger partial charge in [-0.1, -0.05) is 24.3 Å². The Morgan fingerprint density at radius 1 is 1.11 bits per heavy atom. The fourth-order valence-corrected chi connectivity index (χ4v) is 2.65. The van der Waals surface area contributed by atoms with Gasteiger partial charge in [0.15, 0.2) is 6.61 Å². The van der Waals surface area contributed by atoms with Crippen LogP contribution in [0.5, 0.6) is 0 Å². The lowest BCUT2D eigenvalue weighted by molar-refractivity contribution is -0.146. The van der Waals surface area contributed by atoms with Gasteiger partial charge in [0.1, 0.15) is 6.04 Å². The van der Waals surface area contributed by atoms with Gasteiger partial charge in [0.05, 0.1) is 11.2 Å². The minimum absolute atomic E-state index is 0.213. The van der Waals surface area contributed by atoms with Gasteiger partial charge in [-0.2, -0.15) is 0 Å². The van der Waals surface area contributed by atoms with Crippen LogP contribution in [-0.4, -0.2) is 48.8 Å². The smallest absolute Gasteiger partial charge is 0.456 e. The van der Waals surface area contributed by atoms with Crippen LogP contribution in [0.15, 0.2) is 24.3 Å². The maximum absolute atomic E-state index is 11.8. The number of nitrogens with two attached hydrogens (primary N) is 1. The molecule has 0 spiro atoms. The van der Waals surface area contributed by atoms with Crippen molar-refractivity contribution < 1.29 is 28.4 Å². The van der Waals surface area contributed by atoms with Crippen molar-refractivity contribution in [3.05, 3.63) is 29.8 Å². The first-order valence-electron chi connectivity index (χ1n) is 9.08. The molecule has 8 nitrogen and oxygen atoms in total. The number of primary amides is 1. The third kappa shape index (κ3) is 5.33. The van der Waals surface area contributed by atoms with Gasteiger partial charge in [-0.3, -0.25) is 14.4 Å². The van der Waals surface area contributed by atoms with E-state index >= 15 is 0 Å². The van der Waals surface area contributed by atoms with Crippen LogP contribution >= 0.6 is 0 Å². The van der Waals surface area contributed by atoms with Crippen LogP contribution in [0, 0.1) is 0 Å². The molecule has 28 heavy (non-hydrogen) atoms. The molecule has 152 valence electrons. The Morgan fingerprint density at radius 3 is 2.11 bits per heavy atom. The van der Waals surface area contributed by atoms with E-state index in [4.69, 9.17) is 15.0 Å². The van der Waals surface area contributed by atoms with E-state index in [2.05, 4.69) is 10.1 Å². The van der Waals surface area contributed by atoms with Crippen LogP contribution in [0.1, 0.15) is 40.2 Å². The van der Waals surface area contributed by atoms with Crippen molar-refractivity contribution in [2.45, 2.75) is 58.3 Å². The molecule has 0 aromatic heterocycles. The number of carbonyl (C=O) groups excluding carboxylic acids is 3. The van der Waals surface area contributed by atoms with Gasteiger partial charge >= 0.3 is 13.1 Å². The summed E-state index contributed by atoms with van der Waals surface area (Å²) < 4.78 is 16.6. The van der Waals surface area contributed by atoms with Crippen LogP contribution in [0.25, 0.3) is 0 Å². The van der Waals surface area contributed by atoms with Crippen molar-refractivity contribution in [3.63, 3.8) is 0 Å². The Kier molecular flexibility index (Phi) is 6.51. The van der Waals surface area contributed by atoms with Crippen LogP contribution in [0.3, 0.4) is 0 Å². The van der Waals surface area contributed by atoms with Gasteiger partial charge in [-0.05, 0) is 38.7 Å². The number of nitrogens with one attached hydrogen (secondary N) is 1. The topological polar surface area (TPSA) is 117 Å². The number of hydrogen-bond acceptors (Lipinski definition) is 6. The second-order valence-electron chi connectivity index (χ2n) is 7.84. The molecule has 0 saturated carbocycles. The molecule has 0 unspecified atom stereocenters. The molecule has 9 heteroatoms. The molecule has 1 saturated heterocycles. The molecule has 3 N–H and O–H groups in total. The lowest BCUT2D eigenvalue weighted by Gasteiger charge is -2.32. The number of carbonyl (C=O) groups is 3. The fraction of sp³-hybridized carbons (Fsp3) is 0.526. The molecule has 0 radical (unpaired) electrons. The van der Waals surface area contributed by atoms with E-state index < -0.39 is 48.8 Å². The first kappa shape index (κ1) is 21.9. The molecule has 0 bridgehead atoms.